The molecule has 3 aromatic rings. The maximum Gasteiger partial charge on any atom is 0.339 e. The van der Waals surface area contributed by atoms with Gasteiger partial charge < -0.3 is 24.3 Å². The van der Waals surface area contributed by atoms with Gasteiger partial charge in [0.15, 0.2) is 11.3 Å². The molecule has 1 atom stereocenters. The Labute approximate surface area is 198 Å². The molecule has 0 radical (unpaired) electrons. The van der Waals surface area contributed by atoms with Crippen LogP contribution >= 0.6 is 0 Å². The molecule has 1 aliphatic rings. The summed E-state index contributed by atoms with van der Waals surface area (Å²) in [5.41, 5.74) is 3.22. The highest BCUT2D eigenvalue weighted by Gasteiger charge is 2.23. The summed E-state index contributed by atoms with van der Waals surface area (Å²) >= 11 is 0. The summed E-state index contributed by atoms with van der Waals surface area (Å²) in [6.45, 7) is 7.81. The van der Waals surface area contributed by atoms with Gasteiger partial charge in [-0.15, -0.1) is 0 Å². The van der Waals surface area contributed by atoms with E-state index in [0.717, 1.165) is 11.1 Å². The van der Waals surface area contributed by atoms with Gasteiger partial charge in [-0.2, -0.15) is 0 Å². The van der Waals surface area contributed by atoms with Crippen molar-refractivity contribution in [3.8, 4) is 0 Å². The summed E-state index contributed by atoms with van der Waals surface area (Å²) < 4.78 is 11.2. The highest BCUT2D eigenvalue weighted by molar-refractivity contribution is 5.95. The Morgan fingerprint density at radius 3 is 2.47 bits per heavy atom. The van der Waals surface area contributed by atoms with E-state index >= 15 is 0 Å². The minimum atomic E-state index is -0.428. The number of anilines is 2. The number of ether oxygens (including phenoxy) is 1. The minimum Gasteiger partial charge on any atom is -0.465 e. The van der Waals surface area contributed by atoms with Gasteiger partial charge in [0, 0.05) is 50.4 Å². The lowest BCUT2D eigenvalue weighted by Crippen LogP contribution is -2.48. The zero-order valence-corrected chi connectivity index (χ0v) is 19.9. The van der Waals surface area contributed by atoms with Crippen LogP contribution in [0.15, 0.2) is 51.7 Å². The molecule has 178 valence electrons. The van der Waals surface area contributed by atoms with Gasteiger partial charge in [-0.3, -0.25) is 9.59 Å². The average molecular weight is 464 g/mol. The van der Waals surface area contributed by atoms with Gasteiger partial charge in [0.1, 0.15) is 5.58 Å². The number of fused-ring (bicyclic) bond motifs is 1. The molecule has 1 unspecified atom stereocenters. The lowest BCUT2D eigenvalue weighted by Gasteiger charge is -2.34. The molecule has 0 aliphatic carbocycles. The Kier molecular flexibility index (Phi) is 6.58. The number of esters is 1. The Morgan fingerprint density at radius 2 is 1.79 bits per heavy atom. The van der Waals surface area contributed by atoms with Crippen LogP contribution in [-0.4, -0.2) is 50.1 Å². The second kappa shape index (κ2) is 9.59. The number of hydrogen-bond donors (Lipinski definition) is 1. The molecule has 8 heteroatoms. The van der Waals surface area contributed by atoms with Crippen molar-refractivity contribution in [2.24, 2.45) is 0 Å². The third kappa shape index (κ3) is 4.62. The quantitative estimate of drug-likeness (QED) is 0.577. The van der Waals surface area contributed by atoms with Gasteiger partial charge >= 0.3 is 5.97 Å². The summed E-state index contributed by atoms with van der Waals surface area (Å²) in [6, 6.07) is 12.2. The summed E-state index contributed by atoms with van der Waals surface area (Å²) in [5, 5.41) is 3.89. The van der Waals surface area contributed by atoms with Crippen molar-refractivity contribution in [2.45, 2.75) is 26.8 Å². The fraction of sp³-hybridized carbons (Fsp3) is 0.346. The zero-order valence-electron chi connectivity index (χ0n) is 19.9. The summed E-state index contributed by atoms with van der Waals surface area (Å²) in [4.78, 5) is 40.7. The van der Waals surface area contributed by atoms with Crippen LogP contribution in [0.25, 0.3) is 11.0 Å². The van der Waals surface area contributed by atoms with Gasteiger partial charge in [-0.05, 0) is 37.6 Å². The molecule has 0 saturated carbocycles. The number of nitrogens with one attached hydrogen (secondary N) is 1. The van der Waals surface area contributed by atoms with E-state index in [1.165, 1.54) is 13.2 Å². The van der Waals surface area contributed by atoms with Gasteiger partial charge in [0.25, 0.3) is 0 Å². The number of benzene rings is 2. The number of amides is 1. The number of para-hydroxylation sites is 1. The molecular weight excluding hydrogens is 434 g/mol. The molecule has 4 rings (SSSR count). The molecule has 2 heterocycles. The Morgan fingerprint density at radius 1 is 1.09 bits per heavy atom. The van der Waals surface area contributed by atoms with Crippen LogP contribution in [0.4, 0.5) is 11.6 Å². The Bertz CT molecular complexity index is 1290. The van der Waals surface area contributed by atoms with E-state index in [9.17, 15) is 14.4 Å². The topological polar surface area (TPSA) is 92.1 Å². The first kappa shape index (κ1) is 23.4. The van der Waals surface area contributed by atoms with Crippen LogP contribution in [0.1, 0.15) is 41.4 Å². The smallest absolute Gasteiger partial charge is 0.339 e. The van der Waals surface area contributed by atoms with Gasteiger partial charge in [-0.25, -0.2) is 4.79 Å². The first-order chi connectivity index (χ1) is 16.3. The van der Waals surface area contributed by atoms with Crippen LogP contribution in [-0.2, 0) is 9.53 Å². The lowest BCUT2D eigenvalue weighted by molar-refractivity contribution is -0.129. The maximum atomic E-state index is 13.0. The summed E-state index contributed by atoms with van der Waals surface area (Å²) in [7, 11) is 1.35. The molecule has 1 fully saturated rings. The lowest BCUT2D eigenvalue weighted by atomic mass is 10.0. The van der Waals surface area contributed by atoms with Crippen LogP contribution in [0.2, 0.25) is 0 Å². The number of hydrogen-bond acceptors (Lipinski definition) is 7. The number of nitrogens with zero attached hydrogens (tertiary/aromatic N) is 2. The second-order valence-corrected chi connectivity index (χ2v) is 8.58. The molecule has 2 aromatic carbocycles. The largest absolute Gasteiger partial charge is 0.465 e. The second-order valence-electron chi connectivity index (χ2n) is 8.58. The third-order valence-corrected chi connectivity index (χ3v) is 6.20. The van der Waals surface area contributed by atoms with E-state index in [1.807, 2.05) is 43.0 Å². The molecular formula is C26H29N3O5. The van der Waals surface area contributed by atoms with E-state index in [2.05, 4.69) is 5.32 Å². The van der Waals surface area contributed by atoms with E-state index in [4.69, 9.17) is 9.15 Å². The third-order valence-electron chi connectivity index (χ3n) is 6.20. The Hall–Kier alpha value is -3.81. The SMILES string of the molecule is COC(=O)c1ccccc1NC(C)c1cc(C)cc2c(=O)cc(N3CCN(C(C)=O)CC3)oc12. The monoisotopic (exact) mass is 463 g/mol. The van der Waals surface area contributed by atoms with Crippen molar-refractivity contribution in [1.82, 2.24) is 4.90 Å². The first-order valence-electron chi connectivity index (χ1n) is 11.3. The van der Waals surface area contributed by atoms with Crippen molar-refractivity contribution < 1.29 is 18.7 Å². The molecule has 34 heavy (non-hydrogen) atoms. The zero-order chi connectivity index (χ0) is 24.4. The number of aryl methyl sites for hydroxylation is 1. The van der Waals surface area contributed by atoms with Gasteiger partial charge in [0.2, 0.25) is 5.91 Å². The van der Waals surface area contributed by atoms with E-state index < -0.39 is 5.97 Å². The van der Waals surface area contributed by atoms with E-state index in [0.29, 0.717) is 54.3 Å². The molecule has 1 aliphatic heterocycles. The fourth-order valence-corrected chi connectivity index (χ4v) is 4.35. The molecule has 8 nitrogen and oxygen atoms in total. The van der Waals surface area contributed by atoms with E-state index in [1.54, 1.807) is 24.0 Å². The van der Waals surface area contributed by atoms with Crippen LogP contribution in [0.3, 0.4) is 0 Å². The number of carbonyl (C=O) groups is 2. The van der Waals surface area contributed by atoms with Gasteiger partial charge in [0.05, 0.1) is 24.1 Å². The van der Waals surface area contributed by atoms with Crippen molar-refractivity contribution in [3.63, 3.8) is 0 Å². The standard InChI is InChI=1S/C26H29N3O5/c1-16-13-20(17(2)27-22-8-6-5-7-19(22)26(32)33-4)25-21(14-16)23(31)15-24(34-25)29-11-9-28(10-12-29)18(3)30/h5-8,13-15,17,27H,9-12H2,1-4H3. The molecule has 1 amide bonds. The summed E-state index contributed by atoms with van der Waals surface area (Å²) in [5.74, 6) is 0.111. The number of rotatable bonds is 5. The first-order valence-corrected chi connectivity index (χ1v) is 11.3. The number of carbonyl (C=O) groups excluding carboxylic acids is 2. The number of piperazine rings is 1. The molecule has 0 bridgehead atoms. The highest BCUT2D eigenvalue weighted by atomic mass is 16.5. The molecule has 1 N–H and O–H groups in total. The fourth-order valence-electron chi connectivity index (χ4n) is 4.35. The van der Waals surface area contributed by atoms with Crippen LogP contribution in [0.5, 0.6) is 0 Å². The highest BCUT2D eigenvalue weighted by Crippen LogP contribution is 2.31. The Balaban J connectivity index is 1.71. The summed E-state index contributed by atoms with van der Waals surface area (Å²) in [6.07, 6.45) is 0. The minimum absolute atomic E-state index is 0.0458. The van der Waals surface area contributed by atoms with Crippen molar-refractivity contribution >= 4 is 34.4 Å². The van der Waals surface area contributed by atoms with Crippen molar-refractivity contribution in [2.75, 3.05) is 43.5 Å². The molecule has 0 spiro atoms. The molecule has 1 aromatic heterocycles. The normalized spacial score (nSPS) is 14.7. The van der Waals surface area contributed by atoms with Crippen molar-refractivity contribution in [1.29, 1.82) is 0 Å². The van der Waals surface area contributed by atoms with E-state index in [-0.39, 0.29) is 17.4 Å². The van der Waals surface area contributed by atoms with Gasteiger partial charge in [-0.1, -0.05) is 18.2 Å². The van der Waals surface area contributed by atoms with Crippen LogP contribution in [0, 0.1) is 6.92 Å². The van der Waals surface area contributed by atoms with Crippen LogP contribution < -0.4 is 15.6 Å². The predicted octanol–water partition coefficient (Wildman–Crippen LogP) is 3.73. The average Bonchev–Trinajstić information content (AvgIpc) is 2.83. The number of methoxy groups -OCH3 is 1. The molecule has 1 saturated heterocycles. The maximum absolute atomic E-state index is 13.0. The van der Waals surface area contributed by atoms with Crippen molar-refractivity contribution in [3.05, 3.63) is 69.4 Å². The predicted molar refractivity (Wildman–Crippen MR) is 132 cm³/mol.